The van der Waals surface area contributed by atoms with Crippen LogP contribution in [0.1, 0.15) is 15.9 Å². The molecular weight excluding hydrogens is 379 g/mol. The second-order valence-corrected chi connectivity index (χ2v) is 6.20. The molecule has 9 heteroatoms. The first kappa shape index (κ1) is 17.9. The minimum atomic E-state index is -0.553. The van der Waals surface area contributed by atoms with Crippen molar-refractivity contribution in [2.45, 2.75) is 6.54 Å². The molecule has 0 radical (unpaired) electrons. The lowest BCUT2D eigenvalue weighted by molar-refractivity contribution is -0.384. The average molecular weight is 391 g/mol. The standard InChI is InChI=1S/C17H12Cl2N4O3/c18-15-5-2-6-16(19)14(15)10-22-9-12(8-20-22)21-17(24)11-3-1-4-13(7-11)23(25)26/h1-9H,10H2,(H,21,24). The van der Waals surface area contributed by atoms with E-state index in [4.69, 9.17) is 23.2 Å². The van der Waals surface area contributed by atoms with Crippen molar-refractivity contribution in [1.82, 2.24) is 9.78 Å². The quantitative estimate of drug-likeness (QED) is 0.516. The molecule has 3 rings (SSSR count). The summed E-state index contributed by atoms with van der Waals surface area (Å²) < 4.78 is 1.58. The number of carbonyl (C=O) groups excluding carboxylic acids is 1. The van der Waals surface area contributed by atoms with Gasteiger partial charge in [0.05, 0.1) is 23.4 Å². The summed E-state index contributed by atoms with van der Waals surface area (Å²) in [5.41, 5.74) is 1.20. The van der Waals surface area contributed by atoms with Crippen molar-refractivity contribution in [3.05, 3.63) is 86.1 Å². The SMILES string of the molecule is O=C(Nc1cnn(Cc2c(Cl)cccc2Cl)c1)c1cccc([N+](=O)[O-])c1. The van der Waals surface area contributed by atoms with Gasteiger partial charge in [0, 0.05) is 39.5 Å². The normalized spacial score (nSPS) is 10.5. The van der Waals surface area contributed by atoms with E-state index in [9.17, 15) is 14.9 Å². The zero-order valence-electron chi connectivity index (χ0n) is 13.2. The van der Waals surface area contributed by atoms with Crippen molar-refractivity contribution < 1.29 is 9.72 Å². The Morgan fingerprint density at radius 3 is 2.58 bits per heavy atom. The van der Waals surface area contributed by atoms with Gasteiger partial charge in [0.2, 0.25) is 0 Å². The smallest absolute Gasteiger partial charge is 0.270 e. The van der Waals surface area contributed by atoms with Gasteiger partial charge >= 0.3 is 0 Å². The summed E-state index contributed by atoms with van der Waals surface area (Å²) in [6.45, 7) is 0.338. The predicted molar refractivity (Wildman–Crippen MR) is 98.8 cm³/mol. The Labute approximate surface area is 158 Å². The van der Waals surface area contributed by atoms with Gasteiger partial charge in [-0.2, -0.15) is 5.10 Å². The molecule has 1 N–H and O–H groups in total. The van der Waals surface area contributed by atoms with Gasteiger partial charge in [0.15, 0.2) is 0 Å². The van der Waals surface area contributed by atoms with Gasteiger partial charge in [-0.15, -0.1) is 0 Å². The molecule has 1 amide bonds. The van der Waals surface area contributed by atoms with E-state index in [-0.39, 0.29) is 11.3 Å². The lowest BCUT2D eigenvalue weighted by Gasteiger charge is -2.06. The van der Waals surface area contributed by atoms with Crippen LogP contribution in [0.15, 0.2) is 54.9 Å². The summed E-state index contributed by atoms with van der Waals surface area (Å²) in [6.07, 6.45) is 3.09. The van der Waals surface area contributed by atoms with Crippen molar-refractivity contribution >= 4 is 40.5 Å². The molecular formula is C17H12Cl2N4O3. The molecule has 7 nitrogen and oxygen atoms in total. The number of nitro benzene ring substituents is 1. The van der Waals surface area contributed by atoms with Gasteiger partial charge in [0.25, 0.3) is 11.6 Å². The number of aromatic nitrogens is 2. The number of hydrogen-bond donors (Lipinski definition) is 1. The highest BCUT2D eigenvalue weighted by molar-refractivity contribution is 6.35. The van der Waals surface area contributed by atoms with Crippen LogP contribution in [0.2, 0.25) is 10.0 Å². The largest absolute Gasteiger partial charge is 0.319 e. The minimum Gasteiger partial charge on any atom is -0.319 e. The molecule has 2 aromatic carbocycles. The Hall–Kier alpha value is -2.90. The first-order chi connectivity index (χ1) is 12.4. The lowest BCUT2D eigenvalue weighted by Crippen LogP contribution is -2.11. The number of benzene rings is 2. The molecule has 1 aromatic heterocycles. The molecule has 0 atom stereocenters. The maximum Gasteiger partial charge on any atom is 0.270 e. The molecule has 3 aromatic rings. The monoisotopic (exact) mass is 390 g/mol. The van der Waals surface area contributed by atoms with E-state index in [1.165, 1.54) is 30.5 Å². The highest BCUT2D eigenvalue weighted by atomic mass is 35.5. The fourth-order valence-electron chi connectivity index (χ4n) is 2.32. The first-order valence-corrected chi connectivity index (χ1v) is 8.21. The van der Waals surface area contributed by atoms with E-state index in [0.717, 1.165) is 5.56 Å². The topological polar surface area (TPSA) is 90.1 Å². The maximum atomic E-state index is 12.3. The van der Waals surface area contributed by atoms with Crippen LogP contribution in [0.3, 0.4) is 0 Å². The van der Waals surface area contributed by atoms with Crippen LogP contribution in [0.5, 0.6) is 0 Å². The van der Waals surface area contributed by atoms with E-state index in [1.807, 2.05) is 0 Å². The number of nitrogens with one attached hydrogen (secondary N) is 1. The minimum absolute atomic E-state index is 0.151. The van der Waals surface area contributed by atoms with Gasteiger partial charge in [-0.1, -0.05) is 35.3 Å². The molecule has 0 spiro atoms. The van der Waals surface area contributed by atoms with Crippen molar-refractivity contribution in [3.8, 4) is 0 Å². The number of nitro groups is 1. The third-order valence-corrected chi connectivity index (χ3v) is 4.30. The zero-order valence-corrected chi connectivity index (χ0v) is 14.7. The number of hydrogen-bond acceptors (Lipinski definition) is 4. The Kier molecular flexibility index (Phi) is 5.20. The van der Waals surface area contributed by atoms with E-state index < -0.39 is 10.8 Å². The molecule has 132 valence electrons. The van der Waals surface area contributed by atoms with E-state index in [1.54, 1.807) is 29.1 Å². The summed E-state index contributed by atoms with van der Waals surface area (Å²) in [5, 5.41) is 18.7. The van der Waals surface area contributed by atoms with Crippen LogP contribution in [-0.2, 0) is 6.54 Å². The van der Waals surface area contributed by atoms with Gasteiger partial charge in [0.1, 0.15) is 0 Å². The predicted octanol–water partition coefficient (Wildman–Crippen LogP) is 4.40. The molecule has 0 bridgehead atoms. The molecule has 0 aliphatic carbocycles. The number of halogens is 2. The van der Waals surface area contributed by atoms with Crippen LogP contribution in [0.4, 0.5) is 11.4 Å². The summed E-state index contributed by atoms with van der Waals surface area (Å²) in [4.78, 5) is 22.5. The molecule has 0 unspecified atom stereocenters. The average Bonchev–Trinajstić information content (AvgIpc) is 3.05. The van der Waals surface area contributed by atoms with Gasteiger partial charge in [-0.05, 0) is 18.2 Å². The van der Waals surface area contributed by atoms with Crippen LogP contribution in [0, 0.1) is 10.1 Å². The van der Waals surface area contributed by atoms with Crippen molar-refractivity contribution in [2.24, 2.45) is 0 Å². The summed E-state index contributed by atoms with van der Waals surface area (Å²) in [6, 6.07) is 10.7. The van der Waals surface area contributed by atoms with Crippen LogP contribution >= 0.6 is 23.2 Å². The maximum absolute atomic E-state index is 12.3. The van der Waals surface area contributed by atoms with E-state index in [2.05, 4.69) is 10.4 Å². The summed E-state index contributed by atoms with van der Waals surface area (Å²) >= 11 is 12.3. The second kappa shape index (κ2) is 7.55. The number of amides is 1. The fraction of sp³-hybridized carbons (Fsp3) is 0.0588. The molecule has 1 heterocycles. The Balaban J connectivity index is 1.73. The number of carbonyl (C=O) groups is 1. The first-order valence-electron chi connectivity index (χ1n) is 7.45. The third-order valence-electron chi connectivity index (χ3n) is 3.59. The highest BCUT2D eigenvalue weighted by Crippen LogP contribution is 2.25. The molecule has 0 fully saturated rings. The fourth-order valence-corrected chi connectivity index (χ4v) is 2.84. The van der Waals surface area contributed by atoms with Gasteiger partial charge in [-0.3, -0.25) is 19.6 Å². The number of anilines is 1. The Morgan fingerprint density at radius 1 is 1.19 bits per heavy atom. The van der Waals surface area contributed by atoms with Crippen LogP contribution < -0.4 is 5.32 Å². The van der Waals surface area contributed by atoms with Crippen molar-refractivity contribution in [2.75, 3.05) is 5.32 Å². The van der Waals surface area contributed by atoms with Crippen LogP contribution in [0.25, 0.3) is 0 Å². The van der Waals surface area contributed by atoms with Crippen molar-refractivity contribution in [3.63, 3.8) is 0 Å². The molecule has 0 aliphatic heterocycles. The van der Waals surface area contributed by atoms with Gasteiger partial charge in [-0.25, -0.2) is 0 Å². The third kappa shape index (κ3) is 4.01. The summed E-state index contributed by atoms with van der Waals surface area (Å²) in [7, 11) is 0. The molecule has 0 saturated heterocycles. The molecule has 0 saturated carbocycles. The number of non-ortho nitro benzene ring substituents is 1. The second-order valence-electron chi connectivity index (χ2n) is 5.39. The Morgan fingerprint density at radius 2 is 1.88 bits per heavy atom. The van der Waals surface area contributed by atoms with E-state index >= 15 is 0 Å². The Bertz CT molecular complexity index is 967. The van der Waals surface area contributed by atoms with Crippen molar-refractivity contribution in [1.29, 1.82) is 0 Å². The van der Waals surface area contributed by atoms with Crippen LogP contribution in [-0.4, -0.2) is 20.6 Å². The number of rotatable bonds is 5. The molecule has 26 heavy (non-hydrogen) atoms. The molecule has 0 aliphatic rings. The lowest BCUT2D eigenvalue weighted by atomic mass is 10.2. The van der Waals surface area contributed by atoms with E-state index in [0.29, 0.717) is 22.3 Å². The highest BCUT2D eigenvalue weighted by Gasteiger charge is 2.13. The van der Waals surface area contributed by atoms with Gasteiger partial charge < -0.3 is 5.32 Å². The summed E-state index contributed by atoms with van der Waals surface area (Å²) in [5.74, 6) is -0.468. The zero-order chi connectivity index (χ0) is 18.7. The number of nitrogens with zero attached hydrogens (tertiary/aromatic N) is 3.